The molecule has 0 radical (unpaired) electrons. The van der Waals surface area contributed by atoms with E-state index in [0.29, 0.717) is 12.8 Å². The second-order valence-corrected chi connectivity index (χ2v) is 8.57. The van der Waals surface area contributed by atoms with E-state index in [9.17, 15) is 18.3 Å². The van der Waals surface area contributed by atoms with E-state index in [-0.39, 0.29) is 18.4 Å². The van der Waals surface area contributed by atoms with Gasteiger partial charge in [0.25, 0.3) is 0 Å². The number of rotatable bonds is 2. The summed E-state index contributed by atoms with van der Waals surface area (Å²) in [6.45, 7) is -0.484. The zero-order chi connectivity index (χ0) is 16.9. The lowest BCUT2D eigenvalue weighted by Gasteiger charge is -2.49. The fourth-order valence-electron chi connectivity index (χ4n) is 4.16. The summed E-state index contributed by atoms with van der Waals surface area (Å²) in [5.74, 6) is -1.47. The Kier molecular flexibility index (Phi) is 4.61. The van der Waals surface area contributed by atoms with Crippen LogP contribution in [0.1, 0.15) is 19.3 Å². The molecular weight excluding hydrogens is 351 g/mol. The number of amides is 1. The van der Waals surface area contributed by atoms with Crippen LogP contribution in [-0.4, -0.2) is 67.2 Å². The van der Waals surface area contributed by atoms with Gasteiger partial charge in [-0.15, -0.1) is 11.6 Å². The summed E-state index contributed by atoms with van der Waals surface area (Å²) in [5, 5.41) is 9.71. The number of halogens is 2. The van der Waals surface area contributed by atoms with Crippen LogP contribution >= 0.6 is 11.6 Å². The van der Waals surface area contributed by atoms with Crippen LogP contribution in [0.2, 0.25) is 0 Å². The first kappa shape index (κ1) is 17.3. The summed E-state index contributed by atoms with van der Waals surface area (Å²) in [5.41, 5.74) is 0. The highest BCUT2D eigenvalue weighted by atomic mass is 35.5. The lowest BCUT2D eigenvalue weighted by Crippen LogP contribution is -2.61. The van der Waals surface area contributed by atoms with Crippen molar-refractivity contribution in [2.75, 3.05) is 13.7 Å². The quantitative estimate of drug-likeness (QED) is 0.655. The standard InChI is InChI=1S/C13H20ClFN2O5S/c1-22-8-3-2-6-4-7(18)13(12(15)10(6)11(8)14)17-5-9(19)16-23(17,20)21/h6-8,10-13,18H,2-5H2,1H3,(H,16,19). The van der Waals surface area contributed by atoms with E-state index < -0.39 is 52.3 Å². The SMILES string of the molecule is COC1CCC2CC(O)C(N3CC(=O)NS3(=O)=O)C(F)C2C1Cl. The zero-order valence-corrected chi connectivity index (χ0v) is 14.1. The molecule has 0 aromatic carbocycles. The first-order valence-electron chi connectivity index (χ1n) is 7.57. The van der Waals surface area contributed by atoms with Crippen molar-refractivity contribution < 1.29 is 27.4 Å². The van der Waals surface area contributed by atoms with E-state index in [1.165, 1.54) is 7.11 Å². The Balaban J connectivity index is 1.89. The van der Waals surface area contributed by atoms with Crippen molar-refractivity contribution in [3.05, 3.63) is 0 Å². The fourth-order valence-corrected chi connectivity index (χ4v) is 6.07. The molecule has 0 bridgehead atoms. The molecule has 7 atom stereocenters. The molecule has 1 amide bonds. The zero-order valence-electron chi connectivity index (χ0n) is 12.6. The predicted molar refractivity (Wildman–Crippen MR) is 79.7 cm³/mol. The van der Waals surface area contributed by atoms with Crippen LogP contribution < -0.4 is 4.72 Å². The molecular formula is C13H20ClFN2O5S. The van der Waals surface area contributed by atoms with Gasteiger partial charge in [-0.1, -0.05) is 0 Å². The van der Waals surface area contributed by atoms with Gasteiger partial charge in [0.15, 0.2) is 0 Å². The van der Waals surface area contributed by atoms with Gasteiger partial charge in [0, 0.05) is 13.0 Å². The lowest BCUT2D eigenvalue weighted by molar-refractivity contribution is -0.120. The van der Waals surface area contributed by atoms with Gasteiger partial charge in [-0.3, -0.25) is 4.79 Å². The highest BCUT2D eigenvalue weighted by Gasteiger charge is 2.56. The normalized spacial score (nSPS) is 47.1. The molecule has 3 rings (SSSR count). The molecule has 132 valence electrons. The molecule has 3 fully saturated rings. The first-order valence-corrected chi connectivity index (χ1v) is 9.45. The summed E-state index contributed by atoms with van der Waals surface area (Å²) in [6.07, 6.45) is -1.53. The van der Waals surface area contributed by atoms with Crippen molar-refractivity contribution in [2.45, 2.75) is 49.1 Å². The molecule has 1 aliphatic heterocycles. The largest absolute Gasteiger partial charge is 0.391 e. The highest BCUT2D eigenvalue weighted by molar-refractivity contribution is 7.88. The fraction of sp³-hybridized carbons (Fsp3) is 0.923. The van der Waals surface area contributed by atoms with Crippen LogP contribution in [0.25, 0.3) is 0 Å². The van der Waals surface area contributed by atoms with Gasteiger partial charge in [-0.2, -0.15) is 12.7 Å². The van der Waals surface area contributed by atoms with Gasteiger partial charge in [0.05, 0.1) is 30.2 Å². The van der Waals surface area contributed by atoms with Crippen LogP contribution in [0.3, 0.4) is 0 Å². The molecule has 1 heterocycles. The maximum Gasteiger partial charge on any atom is 0.304 e. The van der Waals surface area contributed by atoms with E-state index in [1.54, 1.807) is 0 Å². The highest BCUT2D eigenvalue weighted by Crippen LogP contribution is 2.46. The Hall–Kier alpha value is -0.480. The lowest BCUT2D eigenvalue weighted by atomic mass is 9.66. The summed E-state index contributed by atoms with van der Waals surface area (Å²) in [7, 11) is -2.61. The van der Waals surface area contributed by atoms with E-state index in [2.05, 4.69) is 0 Å². The van der Waals surface area contributed by atoms with Crippen LogP contribution in [0.5, 0.6) is 0 Å². The summed E-state index contributed by atoms with van der Waals surface area (Å²) >= 11 is 6.37. The van der Waals surface area contributed by atoms with E-state index >= 15 is 4.39 Å². The predicted octanol–water partition coefficient (Wildman–Crippen LogP) is -0.217. The summed E-state index contributed by atoms with van der Waals surface area (Å²) < 4.78 is 47.0. The molecule has 23 heavy (non-hydrogen) atoms. The number of hydrogen-bond acceptors (Lipinski definition) is 5. The van der Waals surface area contributed by atoms with Crippen LogP contribution in [0, 0.1) is 11.8 Å². The van der Waals surface area contributed by atoms with Gasteiger partial charge in [0.1, 0.15) is 6.17 Å². The molecule has 3 aliphatic rings. The average Bonchev–Trinajstić information content (AvgIpc) is 2.71. The van der Waals surface area contributed by atoms with Crippen LogP contribution in [0.15, 0.2) is 0 Å². The van der Waals surface area contributed by atoms with E-state index in [0.717, 1.165) is 4.31 Å². The number of aliphatic hydroxyl groups excluding tert-OH is 1. The Morgan fingerprint density at radius 1 is 1.43 bits per heavy atom. The van der Waals surface area contributed by atoms with Crippen molar-refractivity contribution in [2.24, 2.45) is 11.8 Å². The van der Waals surface area contributed by atoms with Crippen molar-refractivity contribution in [1.82, 2.24) is 9.03 Å². The Morgan fingerprint density at radius 2 is 2.13 bits per heavy atom. The number of hydrogen-bond donors (Lipinski definition) is 2. The molecule has 10 heteroatoms. The van der Waals surface area contributed by atoms with Gasteiger partial charge >= 0.3 is 10.2 Å². The molecule has 2 aliphatic carbocycles. The van der Waals surface area contributed by atoms with Crippen LogP contribution in [-0.2, 0) is 19.7 Å². The number of ether oxygens (including phenoxy) is 1. The molecule has 7 nitrogen and oxygen atoms in total. The Morgan fingerprint density at radius 3 is 2.70 bits per heavy atom. The first-order chi connectivity index (χ1) is 10.8. The van der Waals surface area contributed by atoms with E-state index in [1.807, 2.05) is 4.72 Å². The maximum absolute atomic E-state index is 15.2. The monoisotopic (exact) mass is 370 g/mol. The molecule has 2 saturated carbocycles. The topological polar surface area (TPSA) is 95.9 Å². The minimum absolute atomic E-state index is 0.126. The third-order valence-corrected chi connectivity index (χ3v) is 7.26. The van der Waals surface area contributed by atoms with Crippen molar-refractivity contribution in [3.63, 3.8) is 0 Å². The maximum atomic E-state index is 15.2. The average molecular weight is 371 g/mol. The molecule has 2 N–H and O–H groups in total. The number of aliphatic hydroxyl groups is 1. The molecule has 7 unspecified atom stereocenters. The molecule has 1 saturated heterocycles. The minimum Gasteiger partial charge on any atom is -0.391 e. The molecule has 0 spiro atoms. The number of carbonyl (C=O) groups is 1. The van der Waals surface area contributed by atoms with Gasteiger partial charge in [0.2, 0.25) is 5.91 Å². The number of carbonyl (C=O) groups excluding carboxylic acids is 1. The summed E-state index contributed by atoms with van der Waals surface area (Å²) in [6, 6.07) is -1.31. The Bertz CT molecular complexity index is 589. The number of fused-ring (bicyclic) bond motifs is 1. The molecule has 0 aromatic heterocycles. The number of nitrogens with one attached hydrogen (secondary N) is 1. The van der Waals surface area contributed by atoms with Gasteiger partial charge < -0.3 is 9.84 Å². The van der Waals surface area contributed by atoms with Crippen molar-refractivity contribution in [1.29, 1.82) is 0 Å². The summed E-state index contributed by atoms with van der Waals surface area (Å²) in [4.78, 5) is 11.4. The van der Waals surface area contributed by atoms with Crippen molar-refractivity contribution in [3.8, 4) is 0 Å². The number of methoxy groups -OCH3 is 1. The third kappa shape index (κ3) is 2.86. The molecule has 0 aromatic rings. The minimum atomic E-state index is -4.12. The Labute approximate surface area is 139 Å². The smallest absolute Gasteiger partial charge is 0.304 e. The third-order valence-electron chi connectivity index (χ3n) is 5.21. The number of alkyl halides is 2. The second kappa shape index (κ2) is 6.11. The second-order valence-electron chi connectivity index (χ2n) is 6.45. The van der Waals surface area contributed by atoms with Crippen LogP contribution in [0.4, 0.5) is 4.39 Å². The van der Waals surface area contributed by atoms with Gasteiger partial charge in [-0.25, -0.2) is 9.11 Å². The van der Waals surface area contributed by atoms with Crippen molar-refractivity contribution >= 4 is 27.7 Å². The van der Waals surface area contributed by atoms with E-state index in [4.69, 9.17) is 16.3 Å². The van der Waals surface area contributed by atoms with Gasteiger partial charge in [-0.05, 0) is 25.2 Å². The number of nitrogens with zero attached hydrogens (tertiary/aromatic N) is 1.